The van der Waals surface area contributed by atoms with Crippen LogP contribution < -0.4 is 0 Å². The molecule has 3 nitrogen and oxygen atoms in total. The highest BCUT2D eigenvalue weighted by atomic mass is 32.2. The summed E-state index contributed by atoms with van der Waals surface area (Å²) in [5, 5.41) is -0.144. The summed E-state index contributed by atoms with van der Waals surface area (Å²) in [6.07, 6.45) is 9.01. The molecule has 1 atom stereocenters. The van der Waals surface area contributed by atoms with Crippen molar-refractivity contribution in [2.45, 2.75) is 50.2 Å². The number of rotatable bonds is 4. The van der Waals surface area contributed by atoms with Crippen molar-refractivity contribution in [1.29, 1.82) is 0 Å². The molecule has 4 heteroatoms. The molecule has 16 heavy (non-hydrogen) atoms. The molecule has 1 saturated heterocycles. The van der Waals surface area contributed by atoms with E-state index in [1.54, 1.807) is 0 Å². The Labute approximate surface area is 97.8 Å². The van der Waals surface area contributed by atoms with Crippen LogP contribution in [0.15, 0.2) is 11.8 Å². The number of hydrogen-bond donors (Lipinski definition) is 0. The van der Waals surface area contributed by atoms with Crippen LogP contribution in [0, 0.1) is 0 Å². The molecule has 2 aliphatic rings. The van der Waals surface area contributed by atoms with Crippen molar-refractivity contribution in [2.75, 3.05) is 12.4 Å². The molecule has 2 rings (SSSR count). The molecule has 0 spiro atoms. The Balaban J connectivity index is 1.70. The monoisotopic (exact) mass is 244 g/mol. The molecule has 0 aromatic carbocycles. The minimum absolute atomic E-state index is 0.144. The third-order valence-corrected chi connectivity index (χ3v) is 5.86. The molecule has 1 aliphatic carbocycles. The zero-order valence-electron chi connectivity index (χ0n) is 9.65. The molecule has 0 N–H and O–H groups in total. The van der Waals surface area contributed by atoms with Crippen molar-refractivity contribution in [3.05, 3.63) is 11.8 Å². The fourth-order valence-corrected chi connectivity index (χ4v) is 4.39. The first-order chi connectivity index (χ1) is 7.68. The smallest absolute Gasteiger partial charge is 0.153 e. The molecule has 1 saturated carbocycles. The Hall–Kier alpha value is -0.510. The average Bonchev–Trinajstić information content (AvgIpc) is 2.83. The van der Waals surface area contributed by atoms with Gasteiger partial charge >= 0.3 is 0 Å². The Morgan fingerprint density at radius 1 is 1.25 bits per heavy atom. The number of ether oxygens (including phenoxy) is 1. The summed E-state index contributed by atoms with van der Waals surface area (Å²) in [6.45, 7) is 0.549. The third-order valence-electron chi connectivity index (χ3n) is 3.52. The van der Waals surface area contributed by atoms with Crippen molar-refractivity contribution < 1.29 is 13.2 Å². The molecular weight excluding hydrogens is 224 g/mol. The van der Waals surface area contributed by atoms with Gasteiger partial charge < -0.3 is 4.74 Å². The van der Waals surface area contributed by atoms with Gasteiger partial charge in [0, 0.05) is 0 Å². The van der Waals surface area contributed by atoms with Crippen molar-refractivity contribution in [1.82, 2.24) is 0 Å². The summed E-state index contributed by atoms with van der Waals surface area (Å²) in [5.74, 6) is 0.374. The second-order valence-electron chi connectivity index (χ2n) is 4.77. The van der Waals surface area contributed by atoms with Crippen LogP contribution in [0.1, 0.15) is 44.9 Å². The molecule has 1 unspecified atom stereocenters. The lowest BCUT2D eigenvalue weighted by Gasteiger charge is -2.08. The molecule has 2 fully saturated rings. The van der Waals surface area contributed by atoms with E-state index in [9.17, 15) is 8.42 Å². The first kappa shape index (κ1) is 12.0. The van der Waals surface area contributed by atoms with Crippen molar-refractivity contribution >= 4 is 9.84 Å². The standard InChI is InChI=1S/C12H20O3S/c13-16(14)9-3-6-12(16)7-8-15-10-11-4-1-2-5-11/h10,12H,1-9H2. The first-order valence-electron chi connectivity index (χ1n) is 6.19. The van der Waals surface area contributed by atoms with Crippen LogP contribution in [-0.2, 0) is 14.6 Å². The van der Waals surface area contributed by atoms with Gasteiger partial charge in [-0.05, 0) is 50.5 Å². The maximum Gasteiger partial charge on any atom is 0.153 e. The quantitative estimate of drug-likeness (QED) is 0.563. The van der Waals surface area contributed by atoms with E-state index in [4.69, 9.17) is 4.74 Å². The van der Waals surface area contributed by atoms with Gasteiger partial charge in [0.25, 0.3) is 0 Å². The highest BCUT2D eigenvalue weighted by Crippen LogP contribution is 2.25. The first-order valence-corrected chi connectivity index (χ1v) is 7.91. The number of sulfone groups is 1. The predicted octanol–water partition coefficient (Wildman–Crippen LogP) is 2.43. The summed E-state index contributed by atoms with van der Waals surface area (Å²) < 4.78 is 28.5. The molecule has 1 aliphatic heterocycles. The summed E-state index contributed by atoms with van der Waals surface area (Å²) in [5.41, 5.74) is 1.38. The minimum Gasteiger partial charge on any atom is -0.501 e. The minimum atomic E-state index is -2.79. The van der Waals surface area contributed by atoms with Gasteiger partial charge in [0.15, 0.2) is 9.84 Å². The van der Waals surface area contributed by atoms with Crippen LogP contribution >= 0.6 is 0 Å². The fraction of sp³-hybridized carbons (Fsp3) is 0.833. The maximum absolute atomic E-state index is 11.5. The van der Waals surface area contributed by atoms with Gasteiger partial charge in [-0.1, -0.05) is 0 Å². The molecule has 92 valence electrons. The van der Waals surface area contributed by atoms with E-state index in [-0.39, 0.29) is 5.25 Å². The average molecular weight is 244 g/mol. The molecule has 0 radical (unpaired) electrons. The zero-order chi connectivity index (χ0) is 11.4. The van der Waals surface area contributed by atoms with Crippen molar-refractivity contribution in [3.8, 4) is 0 Å². The Kier molecular flexibility index (Phi) is 3.90. The largest absolute Gasteiger partial charge is 0.501 e. The molecule has 1 heterocycles. The van der Waals surface area contributed by atoms with Gasteiger partial charge in [-0.25, -0.2) is 8.42 Å². The second-order valence-corrected chi connectivity index (χ2v) is 7.17. The molecule has 0 aromatic rings. The summed E-state index contributed by atoms with van der Waals surface area (Å²) >= 11 is 0. The summed E-state index contributed by atoms with van der Waals surface area (Å²) in [4.78, 5) is 0. The van der Waals surface area contributed by atoms with Crippen LogP contribution in [0.2, 0.25) is 0 Å². The summed E-state index contributed by atoms with van der Waals surface area (Å²) in [6, 6.07) is 0. The Bertz CT molecular complexity index is 348. The lowest BCUT2D eigenvalue weighted by molar-refractivity contribution is 0.239. The lowest BCUT2D eigenvalue weighted by Crippen LogP contribution is -2.17. The third kappa shape index (κ3) is 3.00. The van der Waals surface area contributed by atoms with Crippen molar-refractivity contribution in [2.24, 2.45) is 0 Å². The van der Waals surface area contributed by atoms with E-state index in [1.165, 1.54) is 18.4 Å². The van der Waals surface area contributed by atoms with Crippen molar-refractivity contribution in [3.63, 3.8) is 0 Å². The Morgan fingerprint density at radius 3 is 2.62 bits per heavy atom. The molecule has 0 bridgehead atoms. The van der Waals surface area contributed by atoms with Gasteiger partial charge in [-0.2, -0.15) is 0 Å². The van der Waals surface area contributed by atoms with E-state index >= 15 is 0 Å². The number of allylic oxidation sites excluding steroid dienone is 1. The molecule has 0 aromatic heterocycles. The van der Waals surface area contributed by atoms with Gasteiger partial charge in [0.1, 0.15) is 0 Å². The maximum atomic E-state index is 11.5. The van der Waals surface area contributed by atoms with E-state index in [0.717, 1.165) is 25.7 Å². The lowest BCUT2D eigenvalue weighted by atomic mass is 10.2. The normalized spacial score (nSPS) is 28.2. The topological polar surface area (TPSA) is 43.4 Å². The van der Waals surface area contributed by atoms with E-state index in [1.807, 2.05) is 6.26 Å². The van der Waals surface area contributed by atoms with Crippen LogP contribution in [0.4, 0.5) is 0 Å². The second kappa shape index (κ2) is 5.21. The SMILES string of the molecule is O=S1(=O)CCCC1CCOC=C1CCCC1. The van der Waals surface area contributed by atoms with Crippen LogP contribution in [0.3, 0.4) is 0 Å². The van der Waals surface area contributed by atoms with Gasteiger partial charge in [0.05, 0.1) is 23.9 Å². The van der Waals surface area contributed by atoms with Gasteiger partial charge in [0.2, 0.25) is 0 Å². The van der Waals surface area contributed by atoms with E-state index in [0.29, 0.717) is 18.8 Å². The molecular formula is C12H20O3S. The van der Waals surface area contributed by atoms with Crippen LogP contribution in [0.5, 0.6) is 0 Å². The van der Waals surface area contributed by atoms with Gasteiger partial charge in [-0.15, -0.1) is 0 Å². The van der Waals surface area contributed by atoms with Gasteiger partial charge in [-0.3, -0.25) is 0 Å². The van der Waals surface area contributed by atoms with Crippen LogP contribution in [0.25, 0.3) is 0 Å². The van der Waals surface area contributed by atoms with E-state index in [2.05, 4.69) is 0 Å². The zero-order valence-corrected chi connectivity index (χ0v) is 10.5. The fourth-order valence-electron chi connectivity index (χ4n) is 2.51. The Morgan fingerprint density at radius 2 is 2.00 bits per heavy atom. The summed E-state index contributed by atoms with van der Waals surface area (Å²) in [7, 11) is -2.79. The highest BCUT2D eigenvalue weighted by Gasteiger charge is 2.30. The number of hydrogen-bond acceptors (Lipinski definition) is 3. The molecule has 0 amide bonds. The van der Waals surface area contributed by atoms with E-state index < -0.39 is 9.84 Å². The predicted molar refractivity (Wildman–Crippen MR) is 63.9 cm³/mol. The van der Waals surface area contributed by atoms with Crippen LogP contribution in [-0.4, -0.2) is 26.0 Å². The highest BCUT2D eigenvalue weighted by molar-refractivity contribution is 7.92.